The van der Waals surface area contributed by atoms with Crippen molar-refractivity contribution in [1.82, 2.24) is 0 Å². The van der Waals surface area contributed by atoms with E-state index < -0.39 is 11.9 Å². The average Bonchev–Trinajstić information content (AvgIpc) is 2.28. The number of ether oxygens (including phenoxy) is 2. The van der Waals surface area contributed by atoms with E-state index in [0.29, 0.717) is 6.42 Å². The summed E-state index contributed by atoms with van der Waals surface area (Å²) in [5.74, 6) is -1.57. The van der Waals surface area contributed by atoms with E-state index in [-0.39, 0.29) is 17.8 Å². The zero-order valence-electron chi connectivity index (χ0n) is 8.54. The molecule has 0 aromatic heterocycles. The highest BCUT2D eigenvalue weighted by Gasteiger charge is 2.50. The summed E-state index contributed by atoms with van der Waals surface area (Å²) >= 11 is 0. The van der Waals surface area contributed by atoms with Crippen LogP contribution in [0, 0.1) is 0 Å². The van der Waals surface area contributed by atoms with Gasteiger partial charge in [-0.15, -0.1) is 0 Å². The number of nitrogens with zero attached hydrogens (tertiary/aromatic N) is 2. The number of hydrogen-bond donors (Lipinski definition) is 3. The summed E-state index contributed by atoms with van der Waals surface area (Å²) in [5, 5.41) is 33.2. The molecule has 0 aliphatic heterocycles. The minimum Gasteiger partial charge on any atom is -0.411 e. The summed E-state index contributed by atoms with van der Waals surface area (Å²) < 4.78 is 10.0. The molecule has 1 aliphatic rings. The van der Waals surface area contributed by atoms with Crippen LogP contribution in [0.25, 0.3) is 0 Å². The molecule has 7 heteroatoms. The quantitative estimate of drug-likeness (QED) is 0.338. The van der Waals surface area contributed by atoms with E-state index >= 15 is 0 Å². The second-order valence-corrected chi connectivity index (χ2v) is 3.13. The van der Waals surface area contributed by atoms with Crippen LogP contribution in [0.15, 0.2) is 10.3 Å². The highest BCUT2D eigenvalue weighted by Crippen LogP contribution is 2.29. The van der Waals surface area contributed by atoms with Crippen LogP contribution >= 0.6 is 0 Å². The van der Waals surface area contributed by atoms with Crippen LogP contribution in [0.4, 0.5) is 0 Å². The fourth-order valence-corrected chi connectivity index (χ4v) is 1.71. The van der Waals surface area contributed by atoms with Gasteiger partial charge in [0.05, 0.1) is 0 Å². The van der Waals surface area contributed by atoms with Crippen molar-refractivity contribution in [2.24, 2.45) is 10.3 Å². The van der Waals surface area contributed by atoms with Crippen LogP contribution in [-0.2, 0) is 9.47 Å². The number of oxime groups is 2. The Hall–Kier alpha value is -1.18. The predicted molar refractivity (Wildman–Crippen MR) is 50.4 cm³/mol. The molecular formula is C8H14N2O5. The van der Waals surface area contributed by atoms with Gasteiger partial charge >= 0.3 is 0 Å². The zero-order valence-corrected chi connectivity index (χ0v) is 8.54. The highest BCUT2D eigenvalue weighted by atomic mass is 16.7. The van der Waals surface area contributed by atoms with Gasteiger partial charge in [-0.05, 0) is 12.8 Å². The third-order valence-corrected chi connectivity index (χ3v) is 2.52. The summed E-state index contributed by atoms with van der Waals surface area (Å²) in [7, 11) is 2.61. The Labute approximate surface area is 86.6 Å². The molecular weight excluding hydrogens is 204 g/mol. The number of methoxy groups -OCH3 is 2. The molecule has 15 heavy (non-hydrogen) atoms. The monoisotopic (exact) mass is 218 g/mol. The average molecular weight is 218 g/mol. The summed E-state index contributed by atoms with van der Waals surface area (Å²) in [4.78, 5) is 0. The van der Waals surface area contributed by atoms with Crippen LogP contribution in [0.3, 0.4) is 0 Å². The lowest BCUT2D eigenvalue weighted by Gasteiger charge is -2.38. The van der Waals surface area contributed by atoms with E-state index in [1.54, 1.807) is 0 Å². The van der Waals surface area contributed by atoms with Crippen LogP contribution in [0.5, 0.6) is 0 Å². The van der Waals surface area contributed by atoms with E-state index in [2.05, 4.69) is 10.3 Å². The highest BCUT2D eigenvalue weighted by molar-refractivity contribution is 6.45. The largest absolute Gasteiger partial charge is 0.411 e. The molecule has 0 spiro atoms. The molecule has 0 saturated heterocycles. The first-order valence-corrected chi connectivity index (χ1v) is 4.38. The summed E-state index contributed by atoms with van der Waals surface area (Å²) in [6.45, 7) is 0. The van der Waals surface area contributed by atoms with Gasteiger partial charge in [-0.2, -0.15) is 0 Å². The number of aliphatic hydroxyl groups excluding tert-OH is 1. The SMILES string of the molecule is COC1(OC)C(=N\O)/C(=N\O)CC[C@@H]1O. The molecule has 0 heterocycles. The van der Waals surface area contributed by atoms with Crippen molar-refractivity contribution in [3.63, 3.8) is 0 Å². The van der Waals surface area contributed by atoms with E-state index in [9.17, 15) is 5.11 Å². The van der Waals surface area contributed by atoms with Crippen molar-refractivity contribution in [3.05, 3.63) is 0 Å². The topological polar surface area (TPSA) is 104 Å². The van der Waals surface area contributed by atoms with E-state index in [1.807, 2.05) is 0 Å². The first-order valence-electron chi connectivity index (χ1n) is 4.38. The van der Waals surface area contributed by atoms with Gasteiger partial charge in [-0.3, -0.25) is 0 Å². The minimum absolute atomic E-state index is 0.117. The summed E-state index contributed by atoms with van der Waals surface area (Å²) in [6.07, 6.45) is -0.407. The van der Waals surface area contributed by atoms with Crippen molar-refractivity contribution >= 4 is 11.4 Å². The second kappa shape index (κ2) is 4.56. The first-order chi connectivity index (χ1) is 7.16. The summed E-state index contributed by atoms with van der Waals surface area (Å²) in [6, 6.07) is 0. The standard InChI is InChI=1S/C8H14N2O5/c1-14-8(15-2)6(11)4-3-5(9-12)7(8)10-13/h6,11-13H,3-4H2,1-2H3/b9-5-,10-7-/t6-/m0/s1. The van der Waals surface area contributed by atoms with E-state index in [4.69, 9.17) is 19.9 Å². The lowest BCUT2D eigenvalue weighted by molar-refractivity contribution is -0.213. The van der Waals surface area contributed by atoms with Crippen LogP contribution in [0.1, 0.15) is 12.8 Å². The smallest absolute Gasteiger partial charge is 0.244 e. The van der Waals surface area contributed by atoms with Crippen LogP contribution < -0.4 is 0 Å². The van der Waals surface area contributed by atoms with E-state index in [0.717, 1.165) is 0 Å². The molecule has 0 aromatic carbocycles. The van der Waals surface area contributed by atoms with Gasteiger partial charge in [0, 0.05) is 14.2 Å². The lowest BCUT2D eigenvalue weighted by atomic mass is 9.87. The Balaban J connectivity index is 3.18. The Morgan fingerprint density at radius 2 is 1.87 bits per heavy atom. The molecule has 0 amide bonds. The fraction of sp³-hybridized carbons (Fsp3) is 0.750. The van der Waals surface area contributed by atoms with Crippen molar-refractivity contribution in [2.45, 2.75) is 24.7 Å². The molecule has 86 valence electrons. The second-order valence-electron chi connectivity index (χ2n) is 3.13. The molecule has 1 fully saturated rings. The lowest BCUT2D eigenvalue weighted by Crippen LogP contribution is -2.58. The van der Waals surface area contributed by atoms with Crippen molar-refractivity contribution in [1.29, 1.82) is 0 Å². The predicted octanol–water partition coefficient (Wildman–Crippen LogP) is -0.209. The Morgan fingerprint density at radius 3 is 2.27 bits per heavy atom. The van der Waals surface area contributed by atoms with Crippen molar-refractivity contribution in [3.8, 4) is 0 Å². The molecule has 0 radical (unpaired) electrons. The summed E-state index contributed by atoms with van der Waals surface area (Å²) in [5.41, 5.74) is 0.0141. The Bertz CT molecular complexity index is 285. The number of rotatable bonds is 2. The molecule has 0 bridgehead atoms. The molecule has 1 rings (SSSR count). The number of aliphatic hydroxyl groups is 1. The van der Waals surface area contributed by atoms with Gasteiger partial charge in [-0.25, -0.2) is 0 Å². The van der Waals surface area contributed by atoms with E-state index in [1.165, 1.54) is 14.2 Å². The van der Waals surface area contributed by atoms with Gasteiger partial charge in [0.15, 0.2) is 5.71 Å². The van der Waals surface area contributed by atoms with Crippen LogP contribution in [0.2, 0.25) is 0 Å². The van der Waals surface area contributed by atoms with Gasteiger partial charge in [-0.1, -0.05) is 10.3 Å². The van der Waals surface area contributed by atoms with Crippen LogP contribution in [-0.4, -0.2) is 53.1 Å². The first kappa shape index (κ1) is 11.9. The Kier molecular flexibility index (Phi) is 3.61. The molecule has 7 nitrogen and oxygen atoms in total. The molecule has 1 aliphatic carbocycles. The number of hydrogen-bond acceptors (Lipinski definition) is 7. The minimum atomic E-state index is -1.57. The Morgan fingerprint density at radius 1 is 1.27 bits per heavy atom. The van der Waals surface area contributed by atoms with Gasteiger partial charge in [0.25, 0.3) is 0 Å². The van der Waals surface area contributed by atoms with Gasteiger partial charge in [0.1, 0.15) is 11.8 Å². The third kappa shape index (κ3) is 1.69. The molecule has 0 aromatic rings. The maximum Gasteiger partial charge on any atom is 0.244 e. The maximum absolute atomic E-state index is 9.76. The normalized spacial score (nSPS) is 31.0. The molecule has 3 N–H and O–H groups in total. The molecule has 1 atom stereocenters. The van der Waals surface area contributed by atoms with Gasteiger partial charge in [0.2, 0.25) is 5.79 Å². The third-order valence-electron chi connectivity index (χ3n) is 2.52. The zero-order chi connectivity index (χ0) is 11.5. The van der Waals surface area contributed by atoms with Gasteiger partial charge < -0.3 is 25.0 Å². The molecule has 1 saturated carbocycles. The fourth-order valence-electron chi connectivity index (χ4n) is 1.71. The van der Waals surface area contributed by atoms with Crippen molar-refractivity contribution in [2.75, 3.05) is 14.2 Å². The molecule has 0 unspecified atom stereocenters. The van der Waals surface area contributed by atoms with Crippen molar-refractivity contribution < 1.29 is 25.0 Å². The maximum atomic E-state index is 9.76.